The van der Waals surface area contributed by atoms with E-state index in [1.807, 2.05) is 7.05 Å². The maximum absolute atomic E-state index is 4.48. The molecule has 1 aromatic rings. The van der Waals surface area contributed by atoms with E-state index in [0.29, 0.717) is 6.04 Å². The fourth-order valence-corrected chi connectivity index (χ4v) is 4.49. The van der Waals surface area contributed by atoms with Crippen molar-refractivity contribution in [1.29, 1.82) is 0 Å². The summed E-state index contributed by atoms with van der Waals surface area (Å²) in [5.74, 6) is 1.67. The molecule has 0 spiro atoms. The Bertz CT molecular complexity index is 538. The lowest BCUT2D eigenvalue weighted by atomic mass is 9.83. The zero-order chi connectivity index (χ0) is 17.5. The fraction of sp³-hybridized carbons (Fsp3) is 0.778. The minimum absolute atomic E-state index is 0. The van der Waals surface area contributed by atoms with E-state index in [4.69, 9.17) is 0 Å². The highest BCUT2D eigenvalue weighted by atomic mass is 127. The first-order chi connectivity index (χ1) is 11.5. The maximum atomic E-state index is 4.48. The molecule has 1 saturated carbocycles. The van der Waals surface area contributed by atoms with Gasteiger partial charge in [0, 0.05) is 24.5 Å². The van der Waals surface area contributed by atoms with Crippen LogP contribution in [0.1, 0.15) is 47.7 Å². The van der Waals surface area contributed by atoms with Crippen LogP contribution in [0.3, 0.4) is 0 Å². The normalized spacial score (nSPS) is 17.3. The fourth-order valence-electron chi connectivity index (χ4n) is 3.61. The van der Waals surface area contributed by atoms with Crippen molar-refractivity contribution in [2.75, 3.05) is 27.7 Å². The van der Waals surface area contributed by atoms with E-state index in [1.54, 1.807) is 11.3 Å². The minimum Gasteiger partial charge on any atom is -0.355 e. The Morgan fingerprint density at radius 1 is 1.24 bits per heavy atom. The summed E-state index contributed by atoms with van der Waals surface area (Å²) < 4.78 is 0. The highest BCUT2D eigenvalue weighted by Crippen LogP contribution is 2.28. The molecule has 1 aromatic heterocycles. The van der Waals surface area contributed by atoms with E-state index in [-0.39, 0.29) is 24.0 Å². The Labute approximate surface area is 174 Å². The van der Waals surface area contributed by atoms with Crippen molar-refractivity contribution in [3.63, 3.8) is 0 Å². The molecular formula is C18H34IN5S. The van der Waals surface area contributed by atoms with Gasteiger partial charge in [-0.3, -0.25) is 4.99 Å². The standard InChI is InChI=1S/C18H33N5S.HI/c1-13-17(24-14(2)22-13)12-21-18(19-3)20-11-16(23(4)5)15-9-7-6-8-10-15;/h15-16H,6-12H2,1-5H3,(H2,19,20,21);1H. The molecule has 2 rings (SSSR count). The third kappa shape index (κ3) is 7.02. The molecule has 0 aliphatic heterocycles. The summed E-state index contributed by atoms with van der Waals surface area (Å²) in [5, 5.41) is 8.08. The third-order valence-electron chi connectivity index (χ3n) is 4.98. The van der Waals surface area contributed by atoms with Crippen LogP contribution in [0.25, 0.3) is 0 Å². The number of nitrogens with one attached hydrogen (secondary N) is 2. The van der Waals surface area contributed by atoms with Crippen LogP contribution in [0.2, 0.25) is 0 Å². The molecule has 1 atom stereocenters. The summed E-state index contributed by atoms with van der Waals surface area (Å²) in [7, 11) is 6.23. The van der Waals surface area contributed by atoms with Gasteiger partial charge in [0.25, 0.3) is 0 Å². The van der Waals surface area contributed by atoms with E-state index in [2.05, 4.69) is 53.5 Å². The van der Waals surface area contributed by atoms with E-state index >= 15 is 0 Å². The average Bonchev–Trinajstić information content (AvgIpc) is 2.89. The first-order valence-corrected chi connectivity index (χ1v) is 9.86. The van der Waals surface area contributed by atoms with Crippen molar-refractivity contribution in [2.45, 2.75) is 58.5 Å². The number of nitrogens with zero attached hydrogens (tertiary/aromatic N) is 3. The van der Waals surface area contributed by atoms with Gasteiger partial charge in [-0.2, -0.15) is 0 Å². The van der Waals surface area contributed by atoms with Crippen LogP contribution < -0.4 is 10.6 Å². The second kappa shape index (κ2) is 11.3. The molecule has 1 unspecified atom stereocenters. The molecule has 5 nitrogen and oxygen atoms in total. The number of guanidine groups is 1. The first-order valence-electron chi connectivity index (χ1n) is 9.05. The molecular weight excluding hydrogens is 445 g/mol. The second-order valence-electron chi connectivity index (χ2n) is 6.98. The molecule has 1 heterocycles. The lowest BCUT2D eigenvalue weighted by Crippen LogP contribution is -2.48. The predicted molar refractivity (Wildman–Crippen MR) is 119 cm³/mol. The third-order valence-corrected chi connectivity index (χ3v) is 6.05. The zero-order valence-electron chi connectivity index (χ0n) is 16.3. The smallest absolute Gasteiger partial charge is 0.191 e. The highest BCUT2D eigenvalue weighted by Gasteiger charge is 2.25. The first kappa shape index (κ1) is 22.6. The molecule has 144 valence electrons. The highest BCUT2D eigenvalue weighted by molar-refractivity contribution is 14.0. The van der Waals surface area contributed by atoms with Crippen LogP contribution in [0, 0.1) is 19.8 Å². The van der Waals surface area contributed by atoms with Crippen LogP contribution in [-0.4, -0.2) is 49.6 Å². The molecule has 0 amide bonds. The summed E-state index contributed by atoms with van der Waals surface area (Å²) in [5.41, 5.74) is 1.12. The number of thiazole rings is 1. The number of aliphatic imine (C=N–C) groups is 1. The number of likely N-dealkylation sites (N-methyl/N-ethyl adjacent to an activating group) is 1. The van der Waals surface area contributed by atoms with Gasteiger partial charge in [-0.1, -0.05) is 19.3 Å². The van der Waals surface area contributed by atoms with Gasteiger partial charge in [-0.15, -0.1) is 35.3 Å². The Kier molecular flexibility index (Phi) is 10.3. The number of rotatable bonds is 6. The zero-order valence-corrected chi connectivity index (χ0v) is 19.4. The molecule has 0 bridgehead atoms. The summed E-state index contributed by atoms with van der Waals surface area (Å²) in [6, 6.07) is 0.566. The largest absolute Gasteiger partial charge is 0.355 e. The van der Waals surface area contributed by atoms with Crippen LogP contribution in [0.5, 0.6) is 0 Å². The van der Waals surface area contributed by atoms with E-state index < -0.39 is 0 Å². The van der Waals surface area contributed by atoms with Crippen molar-refractivity contribution >= 4 is 41.3 Å². The molecule has 0 radical (unpaired) electrons. The summed E-state index contributed by atoms with van der Waals surface area (Å²) in [6.45, 7) is 5.85. The van der Waals surface area contributed by atoms with Crippen molar-refractivity contribution in [3.05, 3.63) is 15.6 Å². The summed E-state index contributed by atoms with van der Waals surface area (Å²) in [4.78, 5) is 12.5. The molecule has 1 aliphatic rings. The number of aromatic nitrogens is 1. The number of hydrogen-bond acceptors (Lipinski definition) is 4. The van der Waals surface area contributed by atoms with E-state index in [0.717, 1.165) is 35.7 Å². The van der Waals surface area contributed by atoms with Gasteiger partial charge in [0.2, 0.25) is 0 Å². The summed E-state index contributed by atoms with van der Waals surface area (Å²) >= 11 is 1.75. The van der Waals surface area contributed by atoms with Gasteiger partial charge in [-0.05, 0) is 46.7 Å². The molecule has 0 saturated heterocycles. The molecule has 0 aromatic carbocycles. The lowest BCUT2D eigenvalue weighted by Gasteiger charge is -2.35. The Balaban J connectivity index is 0.00000312. The van der Waals surface area contributed by atoms with Crippen molar-refractivity contribution in [2.24, 2.45) is 10.9 Å². The Morgan fingerprint density at radius 2 is 1.92 bits per heavy atom. The van der Waals surface area contributed by atoms with Crippen molar-refractivity contribution < 1.29 is 0 Å². The van der Waals surface area contributed by atoms with Gasteiger partial charge in [-0.25, -0.2) is 4.98 Å². The van der Waals surface area contributed by atoms with Crippen LogP contribution in [0.4, 0.5) is 0 Å². The minimum atomic E-state index is 0. The molecule has 1 fully saturated rings. The van der Waals surface area contributed by atoms with Crippen molar-refractivity contribution in [3.8, 4) is 0 Å². The van der Waals surface area contributed by atoms with E-state index in [9.17, 15) is 0 Å². The Morgan fingerprint density at radius 3 is 2.44 bits per heavy atom. The van der Waals surface area contributed by atoms with Crippen LogP contribution in [0.15, 0.2) is 4.99 Å². The number of halogens is 1. The van der Waals surface area contributed by atoms with Gasteiger partial charge < -0.3 is 15.5 Å². The van der Waals surface area contributed by atoms with Gasteiger partial charge in [0.1, 0.15) is 0 Å². The van der Waals surface area contributed by atoms with Crippen LogP contribution in [-0.2, 0) is 6.54 Å². The predicted octanol–water partition coefficient (Wildman–Crippen LogP) is 3.55. The summed E-state index contributed by atoms with van der Waals surface area (Å²) in [6.07, 6.45) is 6.88. The number of hydrogen-bond donors (Lipinski definition) is 2. The molecule has 1 aliphatic carbocycles. The Hall–Kier alpha value is -0.410. The average molecular weight is 479 g/mol. The molecule has 25 heavy (non-hydrogen) atoms. The van der Waals surface area contributed by atoms with Crippen LogP contribution >= 0.6 is 35.3 Å². The van der Waals surface area contributed by atoms with Gasteiger partial charge >= 0.3 is 0 Å². The van der Waals surface area contributed by atoms with Crippen molar-refractivity contribution in [1.82, 2.24) is 20.5 Å². The topological polar surface area (TPSA) is 52.6 Å². The van der Waals surface area contributed by atoms with E-state index in [1.165, 1.54) is 37.0 Å². The molecule has 2 N–H and O–H groups in total. The SMILES string of the molecule is CN=C(NCc1sc(C)nc1C)NCC(C1CCCCC1)N(C)C.I. The lowest BCUT2D eigenvalue weighted by molar-refractivity contribution is 0.171. The monoisotopic (exact) mass is 479 g/mol. The molecule has 7 heteroatoms. The quantitative estimate of drug-likeness (QED) is 0.372. The van der Waals surface area contributed by atoms with Gasteiger partial charge in [0.05, 0.1) is 17.2 Å². The second-order valence-corrected chi connectivity index (χ2v) is 8.26. The number of aryl methyl sites for hydroxylation is 2. The maximum Gasteiger partial charge on any atom is 0.191 e. The van der Waals surface area contributed by atoms with Gasteiger partial charge in [0.15, 0.2) is 5.96 Å².